The van der Waals surface area contributed by atoms with Crippen LogP contribution in [0.3, 0.4) is 0 Å². The summed E-state index contributed by atoms with van der Waals surface area (Å²) in [5, 5.41) is 10.0. The zero-order valence-corrected chi connectivity index (χ0v) is 14.0. The average molecular weight is 366 g/mol. The molecule has 0 spiro atoms. The van der Waals surface area contributed by atoms with Gasteiger partial charge in [0, 0.05) is 27.7 Å². The highest BCUT2D eigenvalue weighted by Crippen LogP contribution is 2.36. The number of carbonyl (C=O) groups is 4. The molecular weight excluding hydrogens is 347 g/mol. The van der Waals surface area contributed by atoms with Crippen LogP contribution in [-0.2, 0) is 42.9 Å². The van der Waals surface area contributed by atoms with E-state index in [0.29, 0.717) is 0 Å². The Morgan fingerprint density at radius 2 is 1.48 bits per heavy atom. The van der Waals surface area contributed by atoms with E-state index >= 15 is 0 Å². The van der Waals surface area contributed by atoms with Crippen molar-refractivity contribution in [3.05, 3.63) is 0 Å². The van der Waals surface area contributed by atoms with Crippen LogP contribution in [-0.4, -0.2) is 66.0 Å². The molecule has 0 bridgehead atoms. The van der Waals surface area contributed by atoms with Gasteiger partial charge in [0.1, 0.15) is 12.7 Å². The first kappa shape index (κ1) is 20.8. The molecule has 1 aliphatic rings. The molecule has 0 radical (unpaired) electrons. The van der Waals surface area contributed by atoms with Gasteiger partial charge in [-0.15, -0.1) is 0 Å². The van der Waals surface area contributed by atoms with E-state index in [4.69, 9.17) is 18.9 Å². The summed E-state index contributed by atoms with van der Waals surface area (Å²) in [6.07, 6.45) is -7.34. The Morgan fingerprint density at radius 1 is 0.960 bits per heavy atom. The summed E-state index contributed by atoms with van der Waals surface area (Å²) in [4.78, 5) is 44.6. The van der Waals surface area contributed by atoms with Crippen LogP contribution in [0.2, 0.25) is 0 Å². The molecule has 0 aromatic rings. The van der Waals surface area contributed by atoms with Crippen molar-refractivity contribution in [2.24, 2.45) is 0 Å². The molecule has 10 nitrogen and oxygen atoms in total. The average Bonchev–Trinajstić information content (AvgIpc) is 2.43. The van der Waals surface area contributed by atoms with Crippen LogP contribution in [0.4, 0.5) is 4.39 Å². The second-order valence-corrected chi connectivity index (χ2v) is 5.25. The third kappa shape index (κ3) is 5.64. The second-order valence-electron chi connectivity index (χ2n) is 5.25. The van der Waals surface area contributed by atoms with Gasteiger partial charge >= 0.3 is 29.7 Å². The molecule has 5 atom stereocenters. The molecule has 1 heterocycles. The number of esters is 4. The van der Waals surface area contributed by atoms with Crippen LogP contribution in [0.25, 0.3) is 0 Å². The summed E-state index contributed by atoms with van der Waals surface area (Å²) >= 11 is 0. The van der Waals surface area contributed by atoms with Gasteiger partial charge in [0.2, 0.25) is 6.10 Å². The molecule has 0 amide bonds. The van der Waals surface area contributed by atoms with E-state index in [9.17, 15) is 28.7 Å². The Bertz CT molecular complexity index is 546. The van der Waals surface area contributed by atoms with Crippen LogP contribution in [0.1, 0.15) is 27.7 Å². The van der Waals surface area contributed by atoms with E-state index in [-0.39, 0.29) is 0 Å². The molecule has 11 heteroatoms. The van der Waals surface area contributed by atoms with Crippen molar-refractivity contribution < 1.29 is 52.4 Å². The van der Waals surface area contributed by atoms with Crippen molar-refractivity contribution >= 4 is 23.9 Å². The lowest BCUT2D eigenvalue weighted by Crippen LogP contribution is -2.67. The molecule has 1 aliphatic heterocycles. The highest BCUT2D eigenvalue weighted by molar-refractivity contribution is 5.68. The normalized spacial score (nSPS) is 31.6. The third-order valence-electron chi connectivity index (χ3n) is 3.01. The first-order valence-electron chi connectivity index (χ1n) is 7.17. The number of ether oxygens (including phenoxy) is 5. The SMILES string of the molecule is CC(=O)OC[C@H]1O[C@H](OC(C)=O)[C@](O)(F)[C@@H](OC(C)=O)[C@@H]1OC(C)=O. The van der Waals surface area contributed by atoms with Crippen LogP contribution < -0.4 is 0 Å². The molecule has 0 aliphatic carbocycles. The summed E-state index contributed by atoms with van der Waals surface area (Å²) in [7, 11) is 0. The first-order valence-corrected chi connectivity index (χ1v) is 7.17. The van der Waals surface area contributed by atoms with Gasteiger partial charge in [-0.2, -0.15) is 0 Å². The highest BCUT2D eigenvalue weighted by Gasteiger charge is 2.62. The fraction of sp³-hybridized carbons (Fsp3) is 0.714. The summed E-state index contributed by atoms with van der Waals surface area (Å²) < 4.78 is 38.7. The van der Waals surface area contributed by atoms with Gasteiger partial charge in [0.05, 0.1) is 0 Å². The summed E-state index contributed by atoms with van der Waals surface area (Å²) in [5.41, 5.74) is 0. The molecule has 0 unspecified atom stereocenters. The van der Waals surface area contributed by atoms with E-state index in [1.807, 2.05) is 0 Å². The number of alkyl halides is 1. The van der Waals surface area contributed by atoms with Gasteiger partial charge in [-0.1, -0.05) is 0 Å². The fourth-order valence-corrected chi connectivity index (χ4v) is 2.14. The highest BCUT2D eigenvalue weighted by atomic mass is 19.2. The lowest BCUT2D eigenvalue weighted by molar-refractivity contribution is -0.371. The third-order valence-corrected chi connectivity index (χ3v) is 3.01. The van der Waals surface area contributed by atoms with Crippen LogP contribution in [0, 0.1) is 0 Å². The van der Waals surface area contributed by atoms with Gasteiger partial charge in [-0.3, -0.25) is 19.2 Å². The van der Waals surface area contributed by atoms with Crippen molar-refractivity contribution in [1.29, 1.82) is 0 Å². The molecule has 0 aromatic carbocycles. The van der Waals surface area contributed by atoms with E-state index in [1.54, 1.807) is 0 Å². The van der Waals surface area contributed by atoms with Crippen molar-refractivity contribution in [2.75, 3.05) is 6.61 Å². The minimum Gasteiger partial charge on any atom is -0.463 e. The topological polar surface area (TPSA) is 135 Å². The Balaban J connectivity index is 3.22. The smallest absolute Gasteiger partial charge is 0.310 e. The van der Waals surface area contributed by atoms with Crippen LogP contribution in [0.15, 0.2) is 0 Å². The lowest BCUT2D eigenvalue weighted by Gasteiger charge is -2.45. The first-order chi connectivity index (χ1) is 11.4. The predicted molar refractivity (Wildman–Crippen MR) is 74.2 cm³/mol. The summed E-state index contributed by atoms with van der Waals surface area (Å²) in [6, 6.07) is 0. The molecular formula is C14H19FO10. The zero-order chi connectivity index (χ0) is 19.4. The molecule has 0 aromatic heterocycles. The molecule has 1 fully saturated rings. The van der Waals surface area contributed by atoms with E-state index in [1.165, 1.54) is 0 Å². The Kier molecular flexibility index (Phi) is 6.82. The van der Waals surface area contributed by atoms with Gasteiger partial charge in [-0.05, 0) is 0 Å². The monoisotopic (exact) mass is 366 g/mol. The summed E-state index contributed by atoms with van der Waals surface area (Å²) in [6.45, 7) is 3.39. The number of halogens is 1. The van der Waals surface area contributed by atoms with Crippen LogP contribution >= 0.6 is 0 Å². The van der Waals surface area contributed by atoms with Crippen LogP contribution in [0.5, 0.6) is 0 Å². The Labute approximate surface area is 142 Å². The van der Waals surface area contributed by atoms with Crippen molar-refractivity contribution in [3.8, 4) is 0 Å². The maximum atomic E-state index is 14.8. The lowest BCUT2D eigenvalue weighted by atomic mass is 9.96. The largest absolute Gasteiger partial charge is 0.463 e. The number of aliphatic hydroxyl groups is 1. The van der Waals surface area contributed by atoms with Gasteiger partial charge in [-0.25, -0.2) is 4.39 Å². The molecule has 0 saturated carbocycles. The number of carbonyl (C=O) groups excluding carboxylic acids is 4. The maximum Gasteiger partial charge on any atom is 0.310 e. The minimum atomic E-state index is -3.52. The van der Waals surface area contributed by atoms with E-state index < -0.39 is 60.9 Å². The molecule has 1 N–H and O–H groups in total. The van der Waals surface area contributed by atoms with Gasteiger partial charge < -0.3 is 28.8 Å². The molecule has 1 saturated heterocycles. The Hall–Kier alpha value is -2.27. The quantitative estimate of drug-likeness (QED) is 0.494. The number of hydrogen-bond acceptors (Lipinski definition) is 10. The van der Waals surface area contributed by atoms with E-state index in [2.05, 4.69) is 4.74 Å². The number of hydrogen-bond donors (Lipinski definition) is 1. The van der Waals surface area contributed by atoms with Gasteiger partial charge in [0.25, 0.3) is 6.29 Å². The standard InChI is InChI=1S/C14H19FO10/c1-6(16)21-5-10-11(22-7(2)17)12(23-8(3)18)14(15,20)13(25-10)24-9(4)19/h10-13,20H,5H2,1-4H3/t10-,11-,12+,13+,14+/m1/s1. The van der Waals surface area contributed by atoms with Crippen molar-refractivity contribution in [1.82, 2.24) is 0 Å². The summed E-state index contributed by atoms with van der Waals surface area (Å²) in [5.74, 6) is -7.16. The predicted octanol–water partition coefficient (Wildman–Crippen LogP) is -0.641. The zero-order valence-electron chi connectivity index (χ0n) is 14.0. The maximum absolute atomic E-state index is 14.8. The second kappa shape index (κ2) is 8.21. The Morgan fingerprint density at radius 3 is 1.92 bits per heavy atom. The van der Waals surface area contributed by atoms with Gasteiger partial charge in [0.15, 0.2) is 6.10 Å². The minimum absolute atomic E-state index is 0.543. The molecule has 25 heavy (non-hydrogen) atoms. The van der Waals surface area contributed by atoms with E-state index in [0.717, 1.165) is 27.7 Å². The van der Waals surface area contributed by atoms with Crippen molar-refractivity contribution in [2.45, 2.75) is 58.2 Å². The number of rotatable bonds is 5. The van der Waals surface area contributed by atoms with Crippen molar-refractivity contribution in [3.63, 3.8) is 0 Å². The molecule has 1 rings (SSSR count). The fourth-order valence-electron chi connectivity index (χ4n) is 2.14. The molecule has 142 valence electrons.